The number of thioether (sulfide) groups is 1. The van der Waals surface area contributed by atoms with Gasteiger partial charge in [0.05, 0.1) is 0 Å². The molecule has 4 aliphatic rings. The van der Waals surface area contributed by atoms with Crippen molar-refractivity contribution in [3.63, 3.8) is 0 Å². The number of fused-ring (bicyclic) bond motifs is 5. The molecule has 0 radical (unpaired) electrons. The van der Waals surface area contributed by atoms with Gasteiger partial charge in [-0.25, -0.2) is 0 Å². The van der Waals surface area contributed by atoms with Crippen LogP contribution in [0, 0.1) is 34.5 Å². The highest BCUT2D eigenvalue weighted by atomic mass is 32.2. The quantitative estimate of drug-likeness (QED) is 0.542. The van der Waals surface area contributed by atoms with Crippen molar-refractivity contribution in [3.05, 3.63) is 11.6 Å². The standard InChI is InChI=1S/C26H36O5S/c1-5-23(30)32-22-13-16-12-17(28)8-10-25(16,3)20-9-11-26(4)18(6-7-19(26)24(20)22)21(29)14-31-15(2)27/h12,18-20,22,24H,5-11,13-14H2,1-4H3/t18-,19+,20+,22?,24+,25+,26-/m1/s1. The molecule has 0 N–H and O–H groups in total. The Bertz CT molecular complexity index is 862. The van der Waals surface area contributed by atoms with Gasteiger partial charge in [0.25, 0.3) is 0 Å². The summed E-state index contributed by atoms with van der Waals surface area (Å²) in [5.74, 6) is 0.961. The van der Waals surface area contributed by atoms with Crippen molar-refractivity contribution in [2.24, 2.45) is 34.5 Å². The van der Waals surface area contributed by atoms with Crippen molar-refractivity contribution in [2.45, 2.75) is 84.3 Å². The van der Waals surface area contributed by atoms with Crippen LogP contribution in [-0.2, 0) is 23.9 Å². The Hall–Kier alpha value is -1.43. The van der Waals surface area contributed by atoms with E-state index < -0.39 is 5.97 Å². The van der Waals surface area contributed by atoms with Crippen LogP contribution in [0.4, 0.5) is 0 Å². The summed E-state index contributed by atoms with van der Waals surface area (Å²) < 4.78 is 5.06. The van der Waals surface area contributed by atoms with Gasteiger partial charge in [0.15, 0.2) is 16.7 Å². The van der Waals surface area contributed by atoms with Crippen molar-refractivity contribution < 1.29 is 23.9 Å². The summed E-state index contributed by atoms with van der Waals surface area (Å²) >= 11 is 1.49. The number of carbonyl (C=O) groups excluding carboxylic acids is 4. The van der Waals surface area contributed by atoms with Crippen LogP contribution in [0.15, 0.2) is 11.6 Å². The number of ketones is 2. The van der Waals surface area contributed by atoms with Crippen LogP contribution in [0.25, 0.3) is 0 Å². The maximum Gasteiger partial charge on any atom is 0.303 e. The number of esters is 1. The summed E-state index contributed by atoms with van der Waals surface area (Å²) in [5.41, 5.74) is 1.15. The van der Waals surface area contributed by atoms with Crippen molar-refractivity contribution in [3.8, 4) is 0 Å². The third kappa shape index (κ3) is 3.91. The number of carbonyl (C=O) groups is 4. The molecular weight excluding hydrogens is 424 g/mol. The van der Waals surface area contributed by atoms with Gasteiger partial charge in [-0.05, 0) is 73.2 Å². The van der Waals surface area contributed by atoms with E-state index in [1.54, 1.807) is 0 Å². The Kier molecular flexibility index (Phi) is 6.47. The maximum atomic E-state index is 13.0. The first-order chi connectivity index (χ1) is 15.1. The Morgan fingerprint density at radius 1 is 1.12 bits per heavy atom. The van der Waals surface area contributed by atoms with E-state index in [2.05, 4.69) is 13.8 Å². The molecule has 6 heteroatoms. The SMILES string of the molecule is CCC(=O)SC1CC2=CC(=O)CC[C@]2(C)[C@H]2CC[C@]3(C)[C@@H](C(=O)COC(C)=O)CC[C@H]3[C@H]12. The van der Waals surface area contributed by atoms with Gasteiger partial charge in [0.2, 0.25) is 0 Å². The highest BCUT2D eigenvalue weighted by molar-refractivity contribution is 8.14. The zero-order valence-electron chi connectivity index (χ0n) is 19.8. The third-order valence-electron chi connectivity index (χ3n) is 9.34. The van der Waals surface area contributed by atoms with Gasteiger partial charge in [-0.2, -0.15) is 0 Å². The summed E-state index contributed by atoms with van der Waals surface area (Å²) in [7, 11) is 0. The van der Waals surface area contributed by atoms with E-state index in [-0.39, 0.29) is 45.3 Å². The minimum absolute atomic E-state index is 0.0199. The van der Waals surface area contributed by atoms with Gasteiger partial charge in [0.1, 0.15) is 6.61 Å². The van der Waals surface area contributed by atoms with Crippen LogP contribution < -0.4 is 0 Å². The predicted octanol–water partition coefficient (Wildman–Crippen LogP) is 4.92. The van der Waals surface area contributed by atoms with Gasteiger partial charge < -0.3 is 4.74 Å². The molecule has 0 aromatic heterocycles. The molecule has 0 saturated heterocycles. The zero-order chi connectivity index (χ0) is 23.3. The first kappa shape index (κ1) is 23.7. The van der Waals surface area contributed by atoms with Crippen LogP contribution in [0.3, 0.4) is 0 Å². The molecule has 176 valence electrons. The fraction of sp³-hybridized carbons (Fsp3) is 0.769. The van der Waals surface area contributed by atoms with Crippen LogP contribution >= 0.6 is 11.8 Å². The lowest BCUT2D eigenvalue weighted by Gasteiger charge is -2.60. The molecule has 4 rings (SSSR count). The summed E-state index contributed by atoms with van der Waals surface area (Å²) in [6, 6.07) is 0. The number of hydrogen-bond acceptors (Lipinski definition) is 6. The van der Waals surface area contributed by atoms with E-state index in [0.717, 1.165) is 38.5 Å². The van der Waals surface area contributed by atoms with Crippen LogP contribution in [0.5, 0.6) is 0 Å². The molecule has 0 aliphatic heterocycles. The van der Waals surface area contributed by atoms with E-state index in [1.165, 1.54) is 24.3 Å². The molecule has 0 aromatic carbocycles. The highest BCUT2D eigenvalue weighted by Crippen LogP contribution is 2.68. The largest absolute Gasteiger partial charge is 0.458 e. The zero-order valence-corrected chi connectivity index (χ0v) is 20.6. The molecule has 5 nitrogen and oxygen atoms in total. The van der Waals surface area contributed by atoms with Crippen LogP contribution in [0.1, 0.15) is 79.1 Å². The van der Waals surface area contributed by atoms with Gasteiger partial charge in [0, 0.05) is 30.9 Å². The number of hydrogen-bond donors (Lipinski definition) is 0. The molecule has 1 unspecified atom stereocenters. The molecule has 0 amide bonds. The molecular formula is C26H36O5S. The Morgan fingerprint density at radius 2 is 1.88 bits per heavy atom. The lowest BCUT2D eigenvalue weighted by Crippen LogP contribution is -2.55. The molecule has 3 saturated carbocycles. The summed E-state index contributed by atoms with van der Waals surface area (Å²) in [6.45, 7) is 7.72. The average Bonchev–Trinajstić information content (AvgIpc) is 3.10. The molecule has 4 aliphatic carbocycles. The van der Waals surface area contributed by atoms with Crippen LogP contribution in [-0.4, -0.2) is 34.5 Å². The number of rotatable bonds is 5. The maximum absolute atomic E-state index is 13.0. The lowest BCUT2D eigenvalue weighted by molar-refractivity contribution is -0.149. The van der Waals surface area contributed by atoms with E-state index in [1.807, 2.05) is 13.0 Å². The fourth-order valence-electron chi connectivity index (χ4n) is 7.67. The molecule has 0 bridgehead atoms. The first-order valence-electron chi connectivity index (χ1n) is 12.2. The number of Topliss-reactive ketones (excluding diaryl/α,β-unsaturated/α-hetero) is 1. The summed E-state index contributed by atoms with van der Waals surface area (Å²) in [4.78, 5) is 49.0. The predicted molar refractivity (Wildman–Crippen MR) is 124 cm³/mol. The Morgan fingerprint density at radius 3 is 2.56 bits per heavy atom. The molecule has 3 fully saturated rings. The van der Waals surface area contributed by atoms with Crippen molar-refractivity contribution >= 4 is 34.4 Å². The smallest absolute Gasteiger partial charge is 0.303 e. The third-order valence-corrected chi connectivity index (χ3v) is 10.7. The van der Waals surface area contributed by atoms with Gasteiger partial charge in [-0.1, -0.05) is 38.1 Å². The topological polar surface area (TPSA) is 77.5 Å². The van der Waals surface area contributed by atoms with E-state index in [0.29, 0.717) is 30.6 Å². The normalized spacial score (nSPS) is 40.6. The van der Waals surface area contributed by atoms with Gasteiger partial charge >= 0.3 is 5.97 Å². The van der Waals surface area contributed by atoms with E-state index in [9.17, 15) is 19.2 Å². The monoisotopic (exact) mass is 460 g/mol. The molecule has 0 aromatic rings. The molecule has 0 heterocycles. The summed E-state index contributed by atoms with van der Waals surface area (Å²) in [6.07, 6.45) is 8.53. The number of allylic oxidation sites excluding steroid dienone is 1. The number of ether oxygens (including phenoxy) is 1. The van der Waals surface area contributed by atoms with E-state index in [4.69, 9.17) is 4.74 Å². The minimum Gasteiger partial charge on any atom is -0.458 e. The van der Waals surface area contributed by atoms with Crippen molar-refractivity contribution in [2.75, 3.05) is 6.61 Å². The molecule has 0 spiro atoms. The van der Waals surface area contributed by atoms with Crippen molar-refractivity contribution in [1.82, 2.24) is 0 Å². The second-order valence-electron chi connectivity index (χ2n) is 10.9. The van der Waals surface area contributed by atoms with Gasteiger partial charge in [-0.15, -0.1) is 0 Å². The highest BCUT2D eigenvalue weighted by Gasteiger charge is 2.62. The Labute approximate surface area is 195 Å². The second-order valence-corrected chi connectivity index (χ2v) is 12.1. The van der Waals surface area contributed by atoms with Gasteiger partial charge in [-0.3, -0.25) is 19.2 Å². The average molecular weight is 461 g/mol. The minimum atomic E-state index is -0.414. The van der Waals surface area contributed by atoms with Crippen LogP contribution in [0.2, 0.25) is 0 Å². The van der Waals surface area contributed by atoms with E-state index >= 15 is 0 Å². The molecule has 7 atom stereocenters. The second kappa shape index (κ2) is 8.73. The van der Waals surface area contributed by atoms with Crippen molar-refractivity contribution in [1.29, 1.82) is 0 Å². The lowest BCUT2D eigenvalue weighted by atomic mass is 9.46. The summed E-state index contributed by atoms with van der Waals surface area (Å²) in [5, 5.41) is 0.387. The fourth-order valence-corrected chi connectivity index (χ4v) is 8.98. The molecule has 32 heavy (non-hydrogen) atoms. The first-order valence-corrected chi connectivity index (χ1v) is 13.1. The Balaban J connectivity index is 1.66.